The van der Waals surface area contributed by atoms with Crippen LogP contribution in [0.15, 0.2) is 6.07 Å². The third-order valence-electron chi connectivity index (χ3n) is 2.76. The van der Waals surface area contributed by atoms with Crippen LogP contribution in [-0.2, 0) is 0 Å². The Hall–Kier alpha value is -0.870. The van der Waals surface area contributed by atoms with E-state index >= 15 is 0 Å². The largest absolute Gasteiger partial charge is 0.396 e. The van der Waals surface area contributed by atoms with Crippen molar-refractivity contribution in [2.75, 3.05) is 13.2 Å². The number of thiophene rings is 1. The first kappa shape index (κ1) is 14.2. The number of rotatable bonds is 7. The first-order valence-corrected chi connectivity index (χ1v) is 6.93. The van der Waals surface area contributed by atoms with Crippen LogP contribution < -0.4 is 5.32 Å². The minimum absolute atomic E-state index is 0.0355. The molecule has 1 heterocycles. The maximum absolute atomic E-state index is 11.8. The molecule has 0 saturated heterocycles. The monoisotopic (exact) mass is 255 g/mol. The number of hydrogen-bond donors (Lipinski definition) is 2. The molecule has 3 nitrogen and oxygen atoms in total. The molecule has 1 aromatic rings. The molecule has 0 saturated carbocycles. The quantitative estimate of drug-likeness (QED) is 0.736. The second-order valence-electron chi connectivity index (χ2n) is 4.24. The van der Waals surface area contributed by atoms with Gasteiger partial charge in [-0.25, -0.2) is 0 Å². The molecule has 96 valence electrons. The fraction of sp³-hybridized carbons (Fsp3) is 0.615. The zero-order valence-electron chi connectivity index (χ0n) is 10.6. The van der Waals surface area contributed by atoms with Gasteiger partial charge in [-0.1, -0.05) is 12.8 Å². The predicted molar refractivity (Wildman–Crippen MR) is 71.7 cm³/mol. The van der Waals surface area contributed by atoms with Gasteiger partial charge in [-0.05, 0) is 38.3 Å². The molecule has 0 aliphatic carbocycles. The van der Waals surface area contributed by atoms with Gasteiger partial charge in [-0.2, -0.15) is 0 Å². The molecule has 4 heteroatoms. The van der Waals surface area contributed by atoms with Crippen molar-refractivity contribution < 1.29 is 9.90 Å². The summed E-state index contributed by atoms with van der Waals surface area (Å²) in [5.41, 5.74) is 1.18. The summed E-state index contributed by atoms with van der Waals surface area (Å²) in [4.78, 5) is 13.8. The van der Waals surface area contributed by atoms with Crippen LogP contribution in [0.3, 0.4) is 0 Å². The molecule has 0 bridgehead atoms. The normalized spacial score (nSPS) is 10.5. The van der Waals surface area contributed by atoms with Crippen LogP contribution in [0.25, 0.3) is 0 Å². The molecule has 2 N–H and O–H groups in total. The van der Waals surface area contributed by atoms with Crippen LogP contribution >= 0.6 is 11.3 Å². The molecule has 0 aliphatic heterocycles. The molecule has 1 amide bonds. The highest BCUT2D eigenvalue weighted by Crippen LogP contribution is 2.20. The highest BCUT2D eigenvalue weighted by Gasteiger charge is 2.09. The molecule has 0 atom stereocenters. The second-order valence-corrected chi connectivity index (χ2v) is 5.50. The minimum atomic E-state index is 0.0355. The van der Waals surface area contributed by atoms with Crippen molar-refractivity contribution >= 4 is 17.2 Å². The number of amides is 1. The van der Waals surface area contributed by atoms with Crippen molar-refractivity contribution in [1.82, 2.24) is 5.32 Å². The molecule has 0 radical (unpaired) electrons. The zero-order chi connectivity index (χ0) is 12.7. The summed E-state index contributed by atoms with van der Waals surface area (Å²) < 4.78 is 0. The van der Waals surface area contributed by atoms with Gasteiger partial charge in [0.1, 0.15) is 0 Å². The van der Waals surface area contributed by atoms with Gasteiger partial charge >= 0.3 is 0 Å². The van der Waals surface area contributed by atoms with Gasteiger partial charge in [-0.3, -0.25) is 4.79 Å². The van der Waals surface area contributed by atoms with Crippen LogP contribution in [0.2, 0.25) is 0 Å². The summed E-state index contributed by atoms with van der Waals surface area (Å²) in [5, 5.41) is 11.5. The van der Waals surface area contributed by atoms with Gasteiger partial charge in [0.2, 0.25) is 0 Å². The summed E-state index contributed by atoms with van der Waals surface area (Å²) in [5.74, 6) is 0.0355. The number of unbranched alkanes of at least 4 members (excludes halogenated alkanes) is 3. The van der Waals surface area contributed by atoms with E-state index in [1.807, 2.05) is 19.9 Å². The highest BCUT2D eigenvalue weighted by atomic mass is 32.1. The summed E-state index contributed by atoms with van der Waals surface area (Å²) in [7, 11) is 0. The van der Waals surface area contributed by atoms with E-state index in [0.717, 1.165) is 37.1 Å². The van der Waals surface area contributed by atoms with E-state index in [1.165, 1.54) is 10.4 Å². The van der Waals surface area contributed by atoms with E-state index in [9.17, 15) is 4.79 Å². The lowest BCUT2D eigenvalue weighted by atomic mass is 10.2. The Labute approximate surface area is 107 Å². The fourth-order valence-corrected chi connectivity index (χ4v) is 2.51. The molecule has 0 fully saturated rings. The van der Waals surface area contributed by atoms with Crippen molar-refractivity contribution in [2.24, 2.45) is 0 Å². The smallest absolute Gasteiger partial charge is 0.261 e. The molecule has 0 aliphatic rings. The van der Waals surface area contributed by atoms with E-state index in [1.54, 1.807) is 11.3 Å². The van der Waals surface area contributed by atoms with E-state index < -0.39 is 0 Å². The number of nitrogens with one attached hydrogen (secondary N) is 1. The van der Waals surface area contributed by atoms with Crippen molar-refractivity contribution in [3.05, 3.63) is 21.4 Å². The minimum Gasteiger partial charge on any atom is -0.396 e. The lowest BCUT2D eigenvalue weighted by molar-refractivity contribution is 0.0957. The summed E-state index contributed by atoms with van der Waals surface area (Å²) >= 11 is 1.55. The second kappa shape index (κ2) is 7.45. The SMILES string of the molecule is Cc1cc(C(=O)NCCCCCCO)sc1C. The molecule has 0 aromatic carbocycles. The van der Waals surface area contributed by atoms with Crippen LogP contribution in [-0.4, -0.2) is 24.2 Å². The van der Waals surface area contributed by atoms with Crippen LogP contribution in [0, 0.1) is 13.8 Å². The summed E-state index contributed by atoms with van der Waals surface area (Å²) in [6.07, 6.45) is 3.93. The number of aryl methyl sites for hydroxylation is 2. The van der Waals surface area contributed by atoms with Crippen LogP contribution in [0.5, 0.6) is 0 Å². The van der Waals surface area contributed by atoms with Crippen molar-refractivity contribution in [3.8, 4) is 0 Å². The Morgan fingerprint density at radius 1 is 1.29 bits per heavy atom. The van der Waals surface area contributed by atoms with Gasteiger partial charge in [0, 0.05) is 18.0 Å². The van der Waals surface area contributed by atoms with Gasteiger partial charge in [0.15, 0.2) is 0 Å². The Morgan fingerprint density at radius 2 is 2.00 bits per heavy atom. The topological polar surface area (TPSA) is 49.3 Å². The highest BCUT2D eigenvalue weighted by molar-refractivity contribution is 7.14. The van der Waals surface area contributed by atoms with E-state index in [0.29, 0.717) is 0 Å². The Kier molecular flexibility index (Phi) is 6.22. The number of hydrogen-bond acceptors (Lipinski definition) is 3. The average Bonchev–Trinajstić information content (AvgIpc) is 2.64. The molecule has 0 unspecified atom stereocenters. The van der Waals surface area contributed by atoms with Gasteiger partial charge in [0.05, 0.1) is 4.88 Å². The molecular formula is C13H21NO2S. The molecular weight excluding hydrogens is 234 g/mol. The van der Waals surface area contributed by atoms with Gasteiger partial charge in [-0.15, -0.1) is 11.3 Å². The van der Waals surface area contributed by atoms with Crippen molar-refractivity contribution in [1.29, 1.82) is 0 Å². The predicted octanol–water partition coefficient (Wildman–Crippen LogP) is 2.65. The lowest BCUT2D eigenvalue weighted by Gasteiger charge is -2.03. The van der Waals surface area contributed by atoms with E-state index in [2.05, 4.69) is 5.32 Å². The van der Waals surface area contributed by atoms with Crippen LogP contribution in [0.1, 0.15) is 45.8 Å². The van der Waals surface area contributed by atoms with E-state index in [-0.39, 0.29) is 12.5 Å². The number of carbonyl (C=O) groups is 1. The summed E-state index contributed by atoms with van der Waals surface area (Å²) in [6.45, 7) is 5.05. The third-order valence-corrected chi connectivity index (χ3v) is 3.91. The van der Waals surface area contributed by atoms with Crippen molar-refractivity contribution in [3.63, 3.8) is 0 Å². The Bertz CT molecular complexity index is 341. The molecule has 1 rings (SSSR count). The lowest BCUT2D eigenvalue weighted by Crippen LogP contribution is -2.23. The Morgan fingerprint density at radius 3 is 2.59 bits per heavy atom. The number of carbonyl (C=O) groups excluding carboxylic acids is 1. The first-order valence-electron chi connectivity index (χ1n) is 6.11. The fourth-order valence-electron chi connectivity index (χ4n) is 1.56. The molecule has 17 heavy (non-hydrogen) atoms. The maximum Gasteiger partial charge on any atom is 0.261 e. The maximum atomic E-state index is 11.8. The number of aliphatic hydroxyl groups is 1. The molecule has 0 spiro atoms. The standard InChI is InChI=1S/C13H21NO2S/c1-10-9-12(17-11(10)2)13(16)14-7-5-3-4-6-8-15/h9,15H,3-8H2,1-2H3,(H,14,16). The van der Waals surface area contributed by atoms with E-state index in [4.69, 9.17) is 5.11 Å². The van der Waals surface area contributed by atoms with Crippen LogP contribution in [0.4, 0.5) is 0 Å². The Balaban J connectivity index is 2.21. The third kappa shape index (κ3) is 4.88. The number of aliphatic hydroxyl groups excluding tert-OH is 1. The van der Waals surface area contributed by atoms with Crippen molar-refractivity contribution in [2.45, 2.75) is 39.5 Å². The van der Waals surface area contributed by atoms with Gasteiger partial charge in [0.25, 0.3) is 5.91 Å². The van der Waals surface area contributed by atoms with Gasteiger partial charge < -0.3 is 10.4 Å². The first-order chi connectivity index (χ1) is 8.15. The average molecular weight is 255 g/mol. The summed E-state index contributed by atoms with van der Waals surface area (Å²) in [6, 6.07) is 1.95. The molecule has 1 aromatic heterocycles. The zero-order valence-corrected chi connectivity index (χ0v) is 11.4.